The van der Waals surface area contributed by atoms with Crippen molar-refractivity contribution in [3.8, 4) is 0 Å². The van der Waals surface area contributed by atoms with Crippen molar-refractivity contribution in [3.05, 3.63) is 128 Å². The van der Waals surface area contributed by atoms with Crippen molar-refractivity contribution >= 4 is 86.7 Å². The smallest absolute Gasteiger partial charge is 0.572 e. The summed E-state index contributed by atoms with van der Waals surface area (Å²) in [7, 11) is -7.14. The van der Waals surface area contributed by atoms with Crippen molar-refractivity contribution in [2.45, 2.75) is 9.79 Å². The Morgan fingerprint density at radius 1 is 0.535 bits per heavy atom. The number of nitrogens with zero attached hydrogens (tertiary/aromatic N) is 4. The normalized spacial score (nSPS) is 17.4. The molecule has 0 N–H and O–H groups in total. The van der Waals surface area contributed by atoms with Crippen LogP contribution in [0.1, 0.15) is 21.1 Å². The molecule has 2 aliphatic heterocycles. The first-order chi connectivity index (χ1) is 20.3. The fourth-order valence-corrected chi connectivity index (χ4v) is 8.84. The summed E-state index contributed by atoms with van der Waals surface area (Å²) in [5, 5.41) is 1.50. The van der Waals surface area contributed by atoms with Gasteiger partial charge in [-0.1, -0.05) is 60.7 Å². The maximum absolute atomic E-state index is 12.0. The second kappa shape index (κ2) is 11.4. The van der Waals surface area contributed by atoms with Crippen LogP contribution in [0.15, 0.2) is 107 Å². The minimum atomic E-state index is -3.57. The van der Waals surface area contributed by atoms with Crippen LogP contribution in [0.4, 0.5) is 0 Å². The summed E-state index contributed by atoms with van der Waals surface area (Å²) in [5.74, 6) is 0. The molecular weight excluding hydrogens is 674 g/mol. The molecule has 208 valence electrons. The van der Waals surface area contributed by atoms with Crippen LogP contribution in [0.5, 0.6) is 0 Å². The summed E-state index contributed by atoms with van der Waals surface area (Å²) in [4.78, 5) is 9.49. The second-order valence-electron chi connectivity index (χ2n) is 9.22. The molecule has 0 radical (unpaired) electrons. The predicted molar refractivity (Wildman–Crippen MR) is 169 cm³/mol. The molecule has 0 atom stereocenters. The zero-order valence-corrected chi connectivity index (χ0v) is 28.4. The number of para-hydroxylation sites is 2. The first-order valence-electron chi connectivity index (χ1n) is 12.6. The fourth-order valence-electron chi connectivity index (χ4n) is 4.61. The third kappa shape index (κ3) is 5.66. The Bertz CT molecular complexity index is 2080. The molecule has 0 spiro atoms. The molecule has 8 nitrogen and oxygen atoms in total. The van der Waals surface area contributed by atoms with E-state index in [9.17, 15) is 16.8 Å². The van der Waals surface area contributed by atoms with E-state index in [-0.39, 0.29) is 29.3 Å². The summed E-state index contributed by atoms with van der Waals surface area (Å²) in [6.45, 7) is 0. The largest absolute Gasteiger partial charge is 2.00 e. The molecule has 0 saturated heterocycles. The van der Waals surface area contributed by atoms with Gasteiger partial charge in [-0.25, -0.2) is 26.8 Å². The summed E-state index contributed by atoms with van der Waals surface area (Å²) in [6, 6.07) is 29.3. The average Bonchev–Trinajstić information content (AvgIpc) is 3.71. The van der Waals surface area contributed by atoms with Crippen LogP contribution in [0.2, 0.25) is 0 Å². The van der Waals surface area contributed by atoms with Gasteiger partial charge in [0.25, 0.3) is 0 Å². The van der Waals surface area contributed by atoms with Crippen LogP contribution in [0.3, 0.4) is 0 Å². The summed E-state index contributed by atoms with van der Waals surface area (Å²) < 4.78 is 57.8. The zero-order chi connectivity index (χ0) is 28.9. The van der Waals surface area contributed by atoms with Crippen molar-refractivity contribution in [1.82, 2.24) is 9.97 Å². The minimum Gasteiger partial charge on any atom is -0.572 e. The number of fused-ring (bicyclic) bond motifs is 4. The molecule has 8 rings (SSSR count). The molecule has 0 fully saturated rings. The summed E-state index contributed by atoms with van der Waals surface area (Å²) in [6.07, 6.45) is 3.46. The van der Waals surface area contributed by atoms with E-state index in [2.05, 4.69) is 19.4 Å². The number of sulfonamides is 2. The van der Waals surface area contributed by atoms with Gasteiger partial charge >= 0.3 is 19.5 Å². The molecule has 2 aliphatic rings. The van der Waals surface area contributed by atoms with Crippen LogP contribution in [0.25, 0.3) is 53.4 Å². The van der Waals surface area contributed by atoms with Gasteiger partial charge in [0, 0.05) is 0 Å². The van der Waals surface area contributed by atoms with E-state index in [1.807, 2.05) is 48.5 Å². The van der Waals surface area contributed by atoms with Crippen LogP contribution in [-0.2, 0) is 39.5 Å². The Morgan fingerprint density at radius 2 is 0.907 bits per heavy atom. The van der Waals surface area contributed by atoms with Gasteiger partial charge in [0.2, 0.25) is 0 Å². The number of hydrogen-bond acceptors (Lipinski definition) is 8. The molecule has 0 aliphatic carbocycles. The van der Waals surface area contributed by atoms with Crippen LogP contribution in [0, 0.1) is 0 Å². The van der Waals surface area contributed by atoms with E-state index in [1.54, 1.807) is 60.7 Å². The van der Waals surface area contributed by atoms with E-state index in [0.29, 0.717) is 22.5 Å². The molecule has 43 heavy (non-hydrogen) atoms. The number of hydrogen-bond donors (Lipinski definition) is 0. The maximum atomic E-state index is 12.0. The standard InChI is InChI=1S/2C15H9N2O2S2.Zn/c2*18-21(19)14-8-4-1-5-10(14)12(17-21)9-15-16-11-6-2-3-7-13(11)20-15;/h2*1-9H;/q2*-1;+2/b2*12-9-;. The van der Waals surface area contributed by atoms with E-state index in [0.717, 1.165) is 30.4 Å². The Kier molecular flexibility index (Phi) is 7.78. The van der Waals surface area contributed by atoms with Crippen molar-refractivity contribution < 1.29 is 36.3 Å². The van der Waals surface area contributed by atoms with Crippen molar-refractivity contribution in [2.75, 3.05) is 0 Å². The van der Waals surface area contributed by atoms with E-state index in [4.69, 9.17) is 0 Å². The molecule has 4 heterocycles. The molecule has 0 amide bonds. The fraction of sp³-hybridized carbons (Fsp3) is 0. The SMILES string of the molecule is O=S1(=O)[N-]/C(=C\c2nc3ccccc3s2)c2ccccc21.O=S1(=O)[N-]/C(=C\c2nc3ccccc3s2)c2ccccc21.[Zn+2]. The molecular formula is C30H18N4O4S4Zn. The second-order valence-corrected chi connectivity index (χ2v) is 14.5. The molecule has 0 saturated carbocycles. The monoisotopic (exact) mass is 690 g/mol. The minimum absolute atomic E-state index is 0. The van der Waals surface area contributed by atoms with Crippen molar-refractivity contribution in [3.63, 3.8) is 0 Å². The van der Waals surface area contributed by atoms with Gasteiger partial charge < -0.3 is 9.44 Å². The Balaban J connectivity index is 0.000000150. The molecule has 4 aromatic carbocycles. The van der Waals surface area contributed by atoms with Gasteiger partial charge in [0.15, 0.2) is 0 Å². The third-order valence-electron chi connectivity index (χ3n) is 6.46. The number of rotatable bonds is 2. The number of thiazole rings is 2. The Labute approximate surface area is 268 Å². The maximum Gasteiger partial charge on any atom is 2.00 e. The number of aromatic nitrogens is 2. The van der Waals surface area contributed by atoms with Crippen LogP contribution < -0.4 is 0 Å². The van der Waals surface area contributed by atoms with Crippen LogP contribution >= 0.6 is 22.7 Å². The van der Waals surface area contributed by atoms with Gasteiger partial charge in [-0.2, -0.15) is 0 Å². The first-order valence-corrected chi connectivity index (χ1v) is 17.1. The van der Waals surface area contributed by atoms with Gasteiger partial charge in [-0.15, -0.1) is 34.1 Å². The summed E-state index contributed by atoms with van der Waals surface area (Å²) >= 11 is 3.03. The first kappa shape index (κ1) is 29.3. The van der Waals surface area contributed by atoms with Gasteiger partial charge in [-0.3, -0.25) is 0 Å². The molecule has 6 aromatic rings. The molecule has 2 aromatic heterocycles. The van der Waals surface area contributed by atoms with Gasteiger partial charge in [0.1, 0.15) is 30.1 Å². The molecule has 0 bridgehead atoms. The predicted octanol–water partition coefficient (Wildman–Crippen LogP) is 7.74. The van der Waals surface area contributed by atoms with Gasteiger partial charge in [0.05, 0.1) is 30.2 Å². The van der Waals surface area contributed by atoms with E-state index < -0.39 is 20.0 Å². The summed E-state index contributed by atoms with van der Waals surface area (Å²) in [5.41, 5.74) is 3.98. The van der Waals surface area contributed by atoms with Crippen molar-refractivity contribution in [2.24, 2.45) is 0 Å². The zero-order valence-electron chi connectivity index (χ0n) is 22.2. The Morgan fingerprint density at radius 3 is 1.33 bits per heavy atom. The third-order valence-corrected chi connectivity index (χ3v) is 11.1. The van der Waals surface area contributed by atoms with Crippen LogP contribution in [-0.4, -0.2) is 26.8 Å². The van der Waals surface area contributed by atoms with Crippen molar-refractivity contribution in [1.29, 1.82) is 0 Å². The number of benzene rings is 4. The van der Waals surface area contributed by atoms with E-state index in [1.165, 1.54) is 22.7 Å². The molecule has 0 unspecified atom stereocenters. The topological polar surface area (TPSA) is 122 Å². The quantitative estimate of drug-likeness (QED) is 0.171. The Hall–Kier alpha value is -3.74. The molecule has 13 heteroatoms. The van der Waals surface area contributed by atoms with Gasteiger partial charge in [-0.05, 0) is 59.7 Å². The van der Waals surface area contributed by atoms with E-state index >= 15 is 0 Å². The average molecular weight is 692 g/mol.